The highest BCUT2D eigenvalue weighted by atomic mass is 32.2. The van der Waals surface area contributed by atoms with Crippen molar-refractivity contribution in [3.8, 4) is 0 Å². The molecule has 1 aliphatic carbocycles. The molecule has 9 heteroatoms. The third-order valence-electron chi connectivity index (χ3n) is 4.67. The maximum Gasteiger partial charge on any atom is 0.267 e. The molecule has 2 aliphatic rings. The zero-order valence-electron chi connectivity index (χ0n) is 12.4. The lowest BCUT2D eigenvalue weighted by atomic mass is 9.94. The van der Waals surface area contributed by atoms with Gasteiger partial charge in [-0.1, -0.05) is 30.3 Å². The maximum absolute atomic E-state index is 14.2. The predicted octanol–water partition coefficient (Wildman–Crippen LogP) is 2.85. The van der Waals surface area contributed by atoms with Crippen molar-refractivity contribution in [2.24, 2.45) is 0 Å². The van der Waals surface area contributed by atoms with Crippen LogP contribution in [-0.4, -0.2) is 34.4 Å². The molecule has 2 aromatic rings. The van der Waals surface area contributed by atoms with Crippen LogP contribution in [0.4, 0.5) is 13.2 Å². The van der Waals surface area contributed by atoms with Gasteiger partial charge in [0.2, 0.25) is 9.84 Å². The topological polar surface area (TPSA) is 64.8 Å². The zero-order chi connectivity index (χ0) is 17.1. The number of rotatable bonds is 3. The van der Waals surface area contributed by atoms with Crippen molar-refractivity contribution in [3.63, 3.8) is 0 Å². The summed E-state index contributed by atoms with van der Waals surface area (Å²) < 4.78 is 67.1. The lowest BCUT2D eigenvalue weighted by molar-refractivity contribution is -0.0665. The number of fused-ring (bicyclic) bond motifs is 1. The molecule has 0 N–H and O–H groups in total. The first-order valence-corrected chi connectivity index (χ1v) is 9.12. The van der Waals surface area contributed by atoms with Gasteiger partial charge in [-0.25, -0.2) is 26.3 Å². The highest BCUT2D eigenvalue weighted by Crippen LogP contribution is 2.45. The van der Waals surface area contributed by atoms with E-state index in [9.17, 15) is 21.6 Å². The number of alkyl halides is 3. The first kappa shape index (κ1) is 15.6. The second-order valence-electron chi connectivity index (χ2n) is 6.16. The van der Waals surface area contributed by atoms with Gasteiger partial charge in [-0.2, -0.15) is 4.98 Å². The molecule has 0 amide bonds. The summed E-state index contributed by atoms with van der Waals surface area (Å²) in [6, 6.07) is 8.44. The lowest BCUT2D eigenvalue weighted by Crippen LogP contribution is -2.49. The number of hydrogen-bond acceptors (Lipinski definition) is 4. The number of sulfone groups is 1. The molecule has 4 rings (SSSR count). The van der Waals surface area contributed by atoms with Crippen LogP contribution in [0.5, 0.6) is 0 Å². The van der Waals surface area contributed by atoms with Crippen LogP contribution in [0.25, 0.3) is 0 Å². The number of benzene rings is 1. The molecule has 1 aromatic carbocycles. The van der Waals surface area contributed by atoms with E-state index in [0.29, 0.717) is 0 Å². The summed E-state index contributed by atoms with van der Waals surface area (Å²) in [4.78, 5) is 3.74. The van der Waals surface area contributed by atoms with Gasteiger partial charge in [0.05, 0.1) is 6.04 Å². The van der Waals surface area contributed by atoms with Crippen molar-refractivity contribution >= 4 is 9.84 Å². The number of hydrogen-bond donors (Lipinski definition) is 0. The van der Waals surface area contributed by atoms with Crippen molar-refractivity contribution in [2.45, 2.75) is 47.8 Å². The molecule has 3 atom stereocenters. The number of aromatic nitrogens is 3. The molecule has 5 nitrogen and oxygen atoms in total. The van der Waals surface area contributed by atoms with E-state index in [1.165, 1.54) is 4.68 Å². The Balaban J connectivity index is 1.74. The Morgan fingerprint density at radius 1 is 1.21 bits per heavy atom. The van der Waals surface area contributed by atoms with Crippen molar-refractivity contribution in [1.29, 1.82) is 0 Å². The largest absolute Gasteiger partial charge is 0.267 e. The third-order valence-corrected chi connectivity index (χ3v) is 6.68. The van der Waals surface area contributed by atoms with Crippen LogP contribution in [0.2, 0.25) is 0 Å². The van der Waals surface area contributed by atoms with Crippen molar-refractivity contribution in [2.75, 3.05) is 0 Å². The summed E-state index contributed by atoms with van der Waals surface area (Å²) in [5, 5.41) is 1.36. The number of nitrogens with zero attached hydrogens (tertiary/aromatic N) is 3. The first-order chi connectivity index (χ1) is 11.3. The maximum atomic E-state index is 14.2. The summed E-state index contributed by atoms with van der Waals surface area (Å²) in [7, 11) is -4.38. The van der Waals surface area contributed by atoms with E-state index >= 15 is 0 Å². The Labute approximate surface area is 136 Å². The summed E-state index contributed by atoms with van der Waals surface area (Å²) in [5.74, 6) is -3.40. The molecule has 0 spiro atoms. The van der Waals surface area contributed by atoms with Gasteiger partial charge in [-0.05, 0) is 12.0 Å². The summed E-state index contributed by atoms with van der Waals surface area (Å²) >= 11 is 0. The first-order valence-electron chi connectivity index (χ1n) is 7.58. The molecule has 1 saturated carbocycles. The molecule has 24 heavy (non-hydrogen) atoms. The van der Waals surface area contributed by atoms with E-state index in [1.54, 1.807) is 24.3 Å². The molecule has 1 aliphatic heterocycles. The minimum absolute atomic E-state index is 0.0965. The minimum Gasteiger partial charge on any atom is -0.239 e. The van der Waals surface area contributed by atoms with Gasteiger partial charge >= 0.3 is 0 Å². The van der Waals surface area contributed by atoms with Crippen LogP contribution in [0.3, 0.4) is 0 Å². The molecule has 2 heterocycles. The predicted molar refractivity (Wildman–Crippen MR) is 78.2 cm³/mol. The lowest BCUT2D eigenvalue weighted by Gasteiger charge is -2.34. The molecule has 1 fully saturated rings. The fraction of sp³-hybridized carbons (Fsp3) is 0.467. The normalized spacial score (nSPS) is 28.4. The van der Waals surface area contributed by atoms with Gasteiger partial charge < -0.3 is 0 Å². The van der Waals surface area contributed by atoms with Crippen molar-refractivity contribution in [1.82, 2.24) is 14.8 Å². The van der Waals surface area contributed by atoms with Gasteiger partial charge in [-0.3, -0.25) is 0 Å². The second kappa shape index (κ2) is 5.05. The molecule has 128 valence electrons. The zero-order valence-corrected chi connectivity index (χ0v) is 13.3. The summed E-state index contributed by atoms with van der Waals surface area (Å²) in [6.45, 7) is 0. The van der Waals surface area contributed by atoms with Crippen LogP contribution in [0.15, 0.2) is 35.5 Å². The fourth-order valence-corrected chi connectivity index (χ4v) is 4.90. The Kier molecular flexibility index (Phi) is 3.28. The van der Waals surface area contributed by atoms with Crippen LogP contribution < -0.4 is 0 Å². The van der Waals surface area contributed by atoms with Gasteiger partial charge in [0, 0.05) is 12.8 Å². The molecule has 1 aromatic heterocycles. The second-order valence-corrected chi connectivity index (χ2v) is 8.18. The summed E-state index contributed by atoms with van der Waals surface area (Å²) in [6.07, 6.45) is -1.99. The van der Waals surface area contributed by atoms with Crippen molar-refractivity contribution < 1.29 is 21.6 Å². The monoisotopic (exact) mass is 357 g/mol. The molecular formula is C15H14F3N3O2S. The smallest absolute Gasteiger partial charge is 0.239 e. The van der Waals surface area contributed by atoms with Gasteiger partial charge in [0.1, 0.15) is 5.25 Å². The van der Waals surface area contributed by atoms with E-state index in [4.69, 9.17) is 0 Å². The molecule has 0 saturated heterocycles. The van der Waals surface area contributed by atoms with E-state index in [0.717, 1.165) is 5.56 Å². The fourth-order valence-electron chi connectivity index (χ4n) is 3.22. The Hall–Kier alpha value is -1.90. The minimum atomic E-state index is -4.38. The summed E-state index contributed by atoms with van der Waals surface area (Å²) in [5.41, 5.74) is 0.765. The van der Waals surface area contributed by atoms with Crippen LogP contribution in [-0.2, 0) is 9.84 Å². The molecular weight excluding hydrogens is 343 g/mol. The highest BCUT2D eigenvalue weighted by molar-refractivity contribution is 7.92. The van der Waals surface area contributed by atoms with Gasteiger partial charge in [0.15, 0.2) is 12.0 Å². The standard InChI is InChI=1S/C15H14F3N3O2S/c16-10-8-11(9-4-2-1-3-5-9)21-13(10)19-14(20-21)24(22,23)12-6-7-15(12,17)18/h1-5,10-12H,6-8H2/t10-,11-,12+/m0/s1. The number of halogens is 3. The van der Waals surface area contributed by atoms with Crippen molar-refractivity contribution in [3.05, 3.63) is 41.7 Å². The van der Waals surface area contributed by atoms with Gasteiger partial charge in [0.25, 0.3) is 11.1 Å². The Bertz CT molecular complexity index is 883. The Morgan fingerprint density at radius 3 is 2.50 bits per heavy atom. The Morgan fingerprint density at radius 2 is 1.92 bits per heavy atom. The average molecular weight is 357 g/mol. The molecule has 0 unspecified atom stereocenters. The van der Waals surface area contributed by atoms with Crippen LogP contribution >= 0.6 is 0 Å². The van der Waals surface area contributed by atoms with E-state index in [1.807, 2.05) is 6.07 Å². The SMILES string of the molecule is O=S(=O)(c1nc2n(n1)[C@H](c1ccccc1)C[C@@H]2F)[C@@H]1CCC1(F)F. The van der Waals surface area contributed by atoms with E-state index in [-0.39, 0.29) is 18.7 Å². The average Bonchev–Trinajstić information content (AvgIpc) is 3.08. The van der Waals surface area contributed by atoms with Crippen LogP contribution in [0.1, 0.15) is 42.9 Å². The third kappa shape index (κ3) is 2.17. The quantitative estimate of drug-likeness (QED) is 0.847. The van der Waals surface area contributed by atoms with Crippen LogP contribution in [0, 0.1) is 0 Å². The van der Waals surface area contributed by atoms with Gasteiger partial charge in [-0.15, -0.1) is 5.10 Å². The molecule has 0 radical (unpaired) electrons. The highest BCUT2D eigenvalue weighted by Gasteiger charge is 2.57. The van der Waals surface area contributed by atoms with E-state index < -0.39 is 44.8 Å². The van der Waals surface area contributed by atoms with E-state index in [2.05, 4.69) is 10.1 Å². The molecule has 0 bridgehead atoms.